The number of carbonyl (C=O) groups excluding carboxylic acids is 2. The summed E-state index contributed by atoms with van der Waals surface area (Å²) in [4.78, 5) is 25.4. The fourth-order valence-electron chi connectivity index (χ4n) is 4.55. The minimum absolute atomic E-state index is 0.0127. The lowest BCUT2D eigenvalue weighted by atomic mass is 9.91. The number of nitrogens with one attached hydrogen (secondary N) is 1. The van der Waals surface area contributed by atoms with Crippen molar-refractivity contribution >= 4 is 22.6 Å². The number of amides is 1. The Balaban J connectivity index is 1.24. The second-order valence-electron chi connectivity index (χ2n) is 8.39. The summed E-state index contributed by atoms with van der Waals surface area (Å²) in [5.74, 6) is 0.407. The van der Waals surface area contributed by atoms with Crippen LogP contribution in [0.5, 0.6) is 0 Å². The zero-order chi connectivity index (χ0) is 19.8. The third-order valence-electron chi connectivity index (χ3n) is 6.28. The van der Waals surface area contributed by atoms with Gasteiger partial charge >= 0.3 is 0 Å². The van der Waals surface area contributed by atoms with Crippen molar-refractivity contribution in [2.45, 2.75) is 57.2 Å². The molecule has 2 saturated carbocycles. The summed E-state index contributed by atoms with van der Waals surface area (Å²) in [6.07, 6.45) is 11.7. The van der Waals surface area contributed by atoms with E-state index in [9.17, 15) is 9.59 Å². The Labute approximate surface area is 169 Å². The van der Waals surface area contributed by atoms with Gasteiger partial charge in [-0.2, -0.15) is 5.10 Å². The van der Waals surface area contributed by atoms with Gasteiger partial charge in [-0.1, -0.05) is 18.2 Å². The third kappa shape index (κ3) is 3.71. The minimum atomic E-state index is 0.0127. The molecule has 0 unspecified atom stereocenters. The van der Waals surface area contributed by atoms with Crippen LogP contribution in [-0.4, -0.2) is 32.1 Å². The van der Waals surface area contributed by atoms with Crippen molar-refractivity contribution in [1.29, 1.82) is 0 Å². The van der Waals surface area contributed by atoms with Gasteiger partial charge in [-0.15, -0.1) is 0 Å². The van der Waals surface area contributed by atoms with E-state index in [1.54, 1.807) is 0 Å². The molecule has 2 aliphatic carbocycles. The number of fused-ring (bicyclic) bond motifs is 1. The molecule has 3 aromatic rings. The number of rotatable bonds is 6. The fraction of sp³-hybridized carbons (Fsp3) is 0.435. The summed E-state index contributed by atoms with van der Waals surface area (Å²) in [6, 6.07) is 10.5. The van der Waals surface area contributed by atoms with Crippen molar-refractivity contribution in [3.63, 3.8) is 0 Å². The number of hydrogen-bond acceptors (Lipinski definition) is 3. The Hall–Kier alpha value is -2.89. The van der Waals surface area contributed by atoms with Crippen LogP contribution in [0.2, 0.25) is 0 Å². The van der Waals surface area contributed by atoms with Gasteiger partial charge in [0.15, 0.2) is 5.78 Å². The Kier molecular flexibility index (Phi) is 4.70. The van der Waals surface area contributed by atoms with Crippen LogP contribution in [-0.2, 0) is 11.3 Å². The first-order valence-electron chi connectivity index (χ1n) is 10.6. The van der Waals surface area contributed by atoms with Gasteiger partial charge in [0.25, 0.3) is 0 Å². The van der Waals surface area contributed by atoms with Gasteiger partial charge in [-0.05, 0) is 50.7 Å². The number of benzene rings is 1. The molecule has 0 spiro atoms. The highest BCUT2D eigenvalue weighted by Gasteiger charge is 2.32. The van der Waals surface area contributed by atoms with Gasteiger partial charge < -0.3 is 9.88 Å². The number of Topliss-reactive ketones (excluding diaryl/α,β-unsaturated/α-hetero) is 1. The van der Waals surface area contributed by atoms with Crippen LogP contribution in [0.3, 0.4) is 0 Å². The number of carbonyl (C=O) groups is 2. The molecule has 29 heavy (non-hydrogen) atoms. The molecular formula is C23H26N4O2. The largest absolute Gasteiger partial charge is 0.352 e. The van der Waals surface area contributed by atoms with Crippen LogP contribution < -0.4 is 5.32 Å². The van der Waals surface area contributed by atoms with Gasteiger partial charge in [0.2, 0.25) is 5.91 Å². The molecule has 2 fully saturated rings. The number of ketones is 1. The second-order valence-corrected chi connectivity index (χ2v) is 8.39. The highest BCUT2D eigenvalue weighted by atomic mass is 16.2. The van der Waals surface area contributed by atoms with Crippen molar-refractivity contribution in [3.8, 4) is 0 Å². The van der Waals surface area contributed by atoms with Gasteiger partial charge in [0.05, 0.1) is 6.04 Å². The molecule has 2 aromatic heterocycles. The molecule has 6 heteroatoms. The first-order valence-corrected chi connectivity index (χ1v) is 10.6. The average molecular weight is 390 g/mol. The predicted molar refractivity (Wildman–Crippen MR) is 111 cm³/mol. The molecule has 0 atom stereocenters. The molecule has 1 aromatic carbocycles. The predicted octanol–water partition coefficient (Wildman–Crippen LogP) is 3.73. The molecule has 0 bridgehead atoms. The summed E-state index contributed by atoms with van der Waals surface area (Å²) in [7, 11) is 0. The summed E-state index contributed by atoms with van der Waals surface area (Å²) in [6.45, 7) is 0.248. The monoisotopic (exact) mass is 390 g/mol. The second kappa shape index (κ2) is 7.50. The number of para-hydroxylation sites is 1. The molecule has 150 valence electrons. The fourth-order valence-corrected chi connectivity index (χ4v) is 4.55. The maximum Gasteiger partial charge on any atom is 0.240 e. The number of nitrogens with zero attached hydrogens (tertiary/aromatic N) is 3. The number of hydrogen-bond donors (Lipinski definition) is 1. The number of aromatic nitrogens is 3. The van der Waals surface area contributed by atoms with Gasteiger partial charge in [0.1, 0.15) is 6.54 Å². The Morgan fingerprint density at radius 3 is 2.55 bits per heavy atom. The molecule has 0 radical (unpaired) electrons. The topological polar surface area (TPSA) is 68.9 Å². The first-order chi connectivity index (χ1) is 14.2. The lowest BCUT2D eigenvalue weighted by Crippen LogP contribution is -2.39. The van der Waals surface area contributed by atoms with E-state index in [1.807, 2.05) is 58.2 Å². The maximum atomic E-state index is 12.7. The van der Waals surface area contributed by atoms with Crippen LogP contribution in [0, 0.1) is 5.92 Å². The van der Waals surface area contributed by atoms with Crippen molar-refractivity contribution in [3.05, 3.63) is 54.5 Å². The molecule has 0 aliphatic heterocycles. The van der Waals surface area contributed by atoms with Crippen molar-refractivity contribution in [2.24, 2.45) is 5.92 Å². The molecular weight excluding hydrogens is 364 g/mol. The highest BCUT2D eigenvalue weighted by molar-refractivity contribution is 6.10. The summed E-state index contributed by atoms with van der Waals surface area (Å²) in [5, 5.41) is 8.49. The van der Waals surface area contributed by atoms with E-state index in [-0.39, 0.29) is 30.2 Å². The third-order valence-corrected chi connectivity index (χ3v) is 6.28. The SMILES string of the molecule is O=C(Cn1cc(C(=O)C2CC2)c2ccccc21)NC1CCC(n2cccn2)CC1. The summed E-state index contributed by atoms with van der Waals surface area (Å²) in [5.41, 5.74) is 1.71. The Morgan fingerprint density at radius 2 is 1.83 bits per heavy atom. The zero-order valence-corrected chi connectivity index (χ0v) is 16.5. The van der Waals surface area contributed by atoms with E-state index in [0.29, 0.717) is 6.04 Å². The minimum Gasteiger partial charge on any atom is -0.352 e. The Bertz CT molecular complexity index is 1020. The molecule has 0 saturated heterocycles. The highest BCUT2D eigenvalue weighted by Crippen LogP contribution is 2.35. The molecule has 2 heterocycles. The molecule has 1 amide bonds. The van der Waals surface area contributed by atoms with E-state index in [4.69, 9.17) is 0 Å². The zero-order valence-electron chi connectivity index (χ0n) is 16.5. The molecule has 1 N–H and O–H groups in total. The van der Waals surface area contributed by atoms with E-state index in [1.165, 1.54) is 0 Å². The van der Waals surface area contributed by atoms with Gasteiger partial charge in [-0.3, -0.25) is 14.3 Å². The normalized spacial score (nSPS) is 21.9. The van der Waals surface area contributed by atoms with Crippen LogP contribution in [0.1, 0.15) is 54.9 Å². The quantitative estimate of drug-likeness (QED) is 0.652. The smallest absolute Gasteiger partial charge is 0.240 e. The maximum absolute atomic E-state index is 12.7. The van der Waals surface area contributed by atoms with Crippen LogP contribution in [0.4, 0.5) is 0 Å². The summed E-state index contributed by atoms with van der Waals surface area (Å²) >= 11 is 0. The van der Waals surface area contributed by atoms with Gasteiger partial charge in [-0.25, -0.2) is 0 Å². The lowest BCUT2D eigenvalue weighted by Gasteiger charge is -2.29. The molecule has 6 nitrogen and oxygen atoms in total. The van der Waals surface area contributed by atoms with Gasteiger partial charge in [0, 0.05) is 47.0 Å². The summed E-state index contributed by atoms with van der Waals surface area (Å²) < 4.78 is 3.96. The van der Waals surface area contributed by atoms with Crippen LogP contribution in [0.15, 0.2) is 48.9 Å². The lowest BCUT2D eigenvalue weighted by molar-refractivity contribution is -0.122. The van der Waals surface area contributed by atoms with E-state index in [2.05, 4.69) is 10.4 Å². The van der Waals surface area contributed by atoms with Crippen LogP contribution >= 0.6 is 0 Å². The average Bonchev–Trinajstić information content (AvgIpc) is 3.32. The standard InChI is InChI=1S/C23H26N4O2/c28-22(25-17-8-10-18(11-9-17)27-13-3-12-24-27)15-26-14-20(23(29)16-6-7-16)19-4-1-2-5-21(19)26/h1-5,12-14,16-18H,6-11,15H2,(H,25,28). The molecule has 2 aliphatic rings. The van der Waals surface area contributed by atoms with Crippen LogP contribution in [0.25, 0.3) is 10.9 Å². The van der Waals surface area contributed by atoms with E-state index < -0.39 is 0 Å². The van der Waals surface area contributed by atoms with Crippen molar-refractivity contribution in [1.82, 2.24) is 19.7 Å². The van der Waals surface area contributed by atoms with Crippen molar-refractivity contribution < 1.29 is 9.59 Å². The van der Waals surface area contributed by atoms with E-state index in [0.717, 1.165) is 55.0 Å². The molecule has 5 rings (SSSR count). The first kappa shape index (κ1) is 18.2. The Morgan fingerprint density at radius 1 is 1.03 bits per heavy atom. The van der Waals surface area contributed by atoms with Crippen molar-refractivity contribution in [2.75, 3.05) is 0 Å². The van der Waals surface area contributed by atoms with E-state index >= 15 is 0 Å².